The molecule has 1 aliphatic heterocycles. The van der Waals surface area contributed by atoms with Gasteiger partial charge in [-0.1, -0.05) is 30.3 Å². The standard InChI is InChI=1S/C22H22N6O2/c1-15-23-18-7-2-3-8-19(18)28(15)22-25-20(17-6-4-5-16(13-17)14-29)24-21(26-22)27-9-11-30-12-10-27/h2-8,13,29H,9-12,14H2,1H3. The molecule has 0 radical (unpaired) electrons. The fourth-order valence-corrected chi connectivity index (χ4v) is 3.70. The van der Waals surface area contributed by atoms with Crippen molar-refractivity contribution < 1.29 is 9.84 Å². The van der Waals surface area contributed by atoms with Crippen LogP contribution in [0.5, 0.6) is 0 Å². The molecule has 30 heavy (non-hydrogen) atoms. The number of rotatable bonds is 4. The van der Waals surface area contributed by atoms with E-state index in [-0.39, 0.29) is 6.61 Å². The molecule has 1 saturated heterocycles. The number of imidazole rings is 1. The van der Waals surface area contributed by atoms with Crippen LogP contribution in [0, 0.1) is 6.92 Å². The van der Waals surface area contributed by atoms with Crippen LogP contribution < -0.4 is 4.90 Å². The van der Waals surface area contributed by atoms with E-state index in [0.717, 1.165) is 41.1 Å². The fourth-order valence-electron chi connectivity index (χ4n) is 3.70. The average molecular weight is 402 g/mol. The molecule has 2 aromatic carbocycles. The molecule has 8 nitrogen and oxygen atoms in total. The van der Waals surface area contributed by atoms with Crippen LogP contribution in [0.15, 0.2) is 48.5 Å². The summed E-state index contributed by atoms with van der Waals surface area (Å²) < 4.78 is 7.45. The lowest BCUT2D eigenvalue weighted by molar-refractivity contribution is 0.122. The number of benzene rings is 2. The number of aromatic nitrogens is 5. The topological polar surface area (TPSA) is 89.2 Å². The Hall–Kier alpha value is -3.36. The summed E-state index contributed by atoms with van der Waals surface area (Å²) in [4.78, 5) is 21.1. The maximum absolute atomic E-state index is 9.54. The number of morpholine rings is 1. The second kappa shape index (κ2) is 7.81. The molecule has 0 spiro atoms. The Morgan fingerprint density at radius 2 is 1.73 bits per heavy atom. The van der Waals surface area contributed by atoms with Crippen molar-refractivity contribution in [1.29, 1.82) is 0 Å². The Kier molecular flexibility index (Phi) is 4.86. The SMILES string of the molecule is Cc1nc2ccccc2n1-c1nc(-c2cccc(CO)c2)nc(N2CCOCC2)n1. The number of hydrogen-bond donors (Lipinski definition) is 1. The summed E-state index contributed by atoms with van der Waals surface area (Å²) in [7, 11) is 0. The summed E-state index contributed by atoms with van der Waals surface area (Å²) in [5, 5.41) is 9.54. The van der Waals surface area contributed by atoms with Gasteiger partial charge >= 0.3 is 0 Å². The maximum atomic E-state index is 9.54. The van der Waals surface area contributed by atoms with Crippen molar-refractivity contribution in [3.8, 4) is 17.3 Å². The molecule has 0 aliphatic carbocycles. The van der Waals surface area contributed by atoms with E-state index in [0.29, 0.717) is 30.9 Å². The van der Waals surface area contributed by atoms with Crippen LogP contribution in [-0.2, 0) is 11.3 Å². The predicted molar refractivity (Wildman–Crippen MR) is 114 cm³/mol. The van der Waals surface area contributed by atoms with Gasteiger partial charge in [-0.15, -0.1) is 0 Å². The Balaban J connectivity index is 1.70. The first kappa shape index (κ1) is 18.7. The Morgan fingerprint density at radius 3 is 2.57 bits per heavy atom. The number of anilines is 1. The minimum atomic E-state index is -0.0344. The summed E-state index contributed by atoms with van der Waals surface area (Å²) in [6.45, 7) is 4.65. The first-order valence-electron chi connectivity index (χ1n) is 9.96. The van der Waals surface area contributed by atoms with Gasteiger partial charge in [0.2, 0.25) is 11.9 Å². The van der Waals surface area contributed by atoms with E-state index in [9.17, 15) is 5.11 Å². The first-order chi connectivity index (χ1) is 14.7. The van der Waals surface area contributed by atoms with Crippen molar-refractivity contribution in [2.45, 2.75) is 13.5 Å². The van der Waals surface area contributed by atoms with Gasteiger partial charge in [-0.05, 0) is 30.7 Å². The van der Waals surface area contributed by atoms with Crippen LogP contribution in [0.1, 0.15) is 11.4 Å². The van der Waals surface area contributed by atoms with Crippen LogP contribution in [-0.4, -0.2) is 55.9 Å². The zero-order valence-corrected chi connectivity index (χ0v) is 16.7. The van der Waals surface area contributed by atoms with Gasteiger partial charge < -0.3 is 14.7 Å². The van der Waals surface area contributed by atoms with Gasteiger partial charge in [-0.25, -0.2) is 4.98 Å². The van der Waals surface area contributed by atoms with E-state index in [2.05, 4.69) is 9.88 Å². The van der Waals surface area contributed by atoms with Gasteiger partial charge in [0.1, 0.15) is 5.82 Å². The smallest absolute Gasteiger partial charge is 0.241 e. The summed E-state index contributed by atoms with van der Waals surface area (Å²) in [5.41, 5.74) is 3.49. The molecule has 0 saturated carbocycles. The van der Waals surface area contributed by atoms with Gasteiger partial charge in [0, 0.05) is 18.7 Å². The highest BCUT2D eigenvalue weighted by Crippen LogP contribution is 2.24. The number of nitrogens with zero attached hydrogens (tertiary/aromatic N) is 6. The molecule has 3 heterocycles. The molecule has 1 fully saturated rings. The number of fused-ring (bicyclic) bond motifs is 1. The highest BCUT2D eigenvalue weighted by Gasteiger charge is 2.20. The third kappa shape index (κ3) is 3.40. The summed E-state index contributed by atoms with van der Waals surface area (Å²) >= 11 is 0. The van der Waals surface area contributed by atoms with Crippen molar-refractivity contribution in [1.82, 2.24) is 24.5 Å². The highest BCUT2D eigenvalue weighted by atomic mass is 16.5. The van der Waals surface area contributed by atoms with E-state index in [1.807, 2.05) is 60.0 Å². The Morgan fingerprint density at radius 1 is 0.933 bits per heavy atom. The van der Waals surface area contributed by atoms with Crippen molar-refractivity contribution >= 4 is 17.0 Å². The molecule has 1 N–H and O–H groups in total. The molecular weight excluding hydrogens is 380 g/mol. The van der Waals surface area contributed by atoms with Gasteiger partial charge in [-0.2, -0.15) is 15.0 Å². The third-order valence-corrected chi connectivity index (χ3v) is 5.20. The number of aryl methyl sites for hydroxylation is 1. The molecule has 5 rings (SSSR count). The number of aliphatic hydroxyl groups excluding tert-OH is 1. The summed E-state index contributed by atoms with van der Waals surface area (Å²) in [6, 6.07) is 15.6. The predicted octanol–water partition coefficient (Wildman–Crippen LogP) is 2.51. The summed E-state index contributed by atoms with van der Waals surface area (Å²) in [5.74, 6) is 2.52. The van der Waals surface area contributed by atoms with E-state index in [1.54, 1.807) is 0 Å². The fraction of sp³-hybridized carbons (Fsp3) is 0.273. The molecule has 152 valence electrons. The van der Waals surface area contributed by atoms with E-state index in [4.69, 9.17) is 19.7 Å². The van der Waals surface area contributed by atoms with Crippen LogP contribution in [0.2, 0.25) is 0 Å². The second-order valence-corrected chi connectivity index (χ2v) is 7.20. The van der Waals surface area contributed by atoms with Crippen molar-refractivity contribution in [3.63, 3.8) is 0 Å². The van der Waals surface area contributed by atoms with Crippen LogP contribution in [0.4, 0.5) is 5.95 Å². The number of hydrogen-bond acceptors (Lipinski definition) is 7. The Labute approximate surface area is 173 Å². The van der Waals surface area contributed by atoms with Crippen LogP contribution >= 0.6 is 0 Å². The second-order valence-electron chi connectivity index (χ2n) is 7.20. The minimum Gasteiger partial charge on any atom is -0.392 e. The molecule has 8 heteroatoms. The lowest BCUT2D eigenvalue weighted by Gasteiger charge is -2.27. The van der Waals surface area contributed by atoms with E-state index < -0.39 is 0 Å². The van der Waals surface area contributed by atoms with Gasteiger partial charge in [0.25, 0.3) is 0 Å². The van der Waals surface area contributed by atoms with E-state index >= 15 is 0 Å². The number of ether oxygens (including phenoxy) is 1. The molecule has 0 amide bonds. The lowest BCUT2D eigenvalue weighted by Crippen LogP contribution is -2.37. The molecule has 0 atom stereocenters. The number of aliphatic hydroxyl groups is 1. The molecule has 2 aromatic heterocycles. The molecule has 4 aromatic rings. The average Bonchev–Trinajstić information content (AvgIpc) is 3.15. The van der Waals surface area contributed by atoms with Crippen molar-refractivity contribution in [2.75, 3.05) is 31.2 Å². The maximum Gasteiger partial charge on any atom is 0.241 e. The van der Waals surface area contributed by atoms with Crippen molar-refractivity contribution in [3.05, 3.63) is 59.9 Å². The largest absolute Gasteiger partial charge is 0.392 e. The highest BCUT2D eigenvalue weighted by molar-refractivity contribution is 5.77. The van der Waals surface area contributed by atoms with Crippen molar-refractivity contribution in [2.24, 2.45) is 0 Å². The zero-order chi connectivity index (χ0) is 20.5. The summed E-state index contributed by atoms with van der Waals surface area (Å²) in [6.07, 6.45) is 0. The zero-order valence-electron chi connectivity index (χ0n) is 16.7. The Bertz CT molecular complexity index is 1200. The molecular formula is C22H22N6O2. The monoisotopic (exact) mass is 402 g/mol. The molecule has 1 aliphatic rings. The van der Waals surface area contributed by atoms with E-state index in [1.165, 1.54) is 0 Å². The minimum absolute atomic E-state index is 0.0344. The third-order valence-electron chi connectivity index (χ3n) is 5.20. The molecule has 0 bridgehead atoms. The van der Waals surface area contributed by atoms with Gasteiger partial charge in [0.15, 0.2) is 5.82 Å². The van der Waals surface area contributed by atoms with Gasteiger partial charge in [0.05, 0.1) is 30.9 Å². The normalized spacial score (nSPS) is 14.4. The molecule has 0 unspecified atom stereocenters. The van der Waals surface area contributed by atoms with Crippen LogP contribution in [0.25, 0.3) is 28.4 Å². The first-order valence-corrected chi connectivity index (χ1v) is 9.96. The van der Waals surface area contributed by atoms with Crippen LogP contribution in [0.3, 0.4) is 0 Å². The number of para-hydroxylation sites is 2. The lowest BCUT2D eigenvalue weighted by atomic mass is 10.1. The quantitative estimate of drug-likeness (QED) is 0.561. The van der Waals surface area contributed by atoms with Gasteiger partial charge in [-0.3, -0.25) is 4.57 Å².